The van der Waals surface area contributed by atoms with E-state index >= 15 is 0 Å². The van der Waals surface area contributed by atoms with E-state index in [-0.39, 0.29) is 6.09 Å². The average molecular weight is 264 g/mol. The fourth-order valence-electron chi connectivity index (χ4n) is 1.84. The van der Waals surface area contributed by atoms with Crippen molar-refractivity contribution >= 4 is 12.3 Å². The molecule has 0 spiro atoms. The second kappa shape index (κ2) is 7.12. The van der Waals surface area contributed by atoms with Gasteiger partial charge in [-0.15, -0.1) is 0 Å². The minimum atomic E-state index is -0.425. The molecule has 0 bridgehead atoms. The molecule has 0 aromatic carbocycles. The van der Waals surface area contributed by atoms with Gasteiger partial charge in [0, 0.05) is 25.5 Å². The molecule has 1 atom stereocenters. The van der Waals surface area contributed by atoms with E-state index in [1.165, 1.54) is 0 Å². The Morgan fingerprint density at radius 3 is 2.74 bits per heavy atom. The third-order valence-electron chi connectivity index (χ3n) is 2.69. The second-order valence-electron chi connectivity index (χ2n) is 5.61. The molecular weight excluding hydrogens is 240 g/mol. The van der Waals surface area contributed by atoms with Crippen molar-refractivity contribution in [2.45, 2.75) is 39.7 Å². The number of nitrogens with zero attached hydrogens (tertiary/aromatic N) is 2. The SMILES string of the molecule is CC=N/C=C\C=CC1CCN(C(=O)OC(C)(C)C)C1. The Bertz CT molecular complexity index is 378. The largest absolute Gasteiger partial charge is 0.444 e. The number of allylic oxidation sites excluding steroid dienone is 2. The van der Waals surface area contributed by atoms with Crippen LogP contribution in [0.3, 0.4) is 0 Å². The molecule has 1 aliphatic rings. The molecule has 4 nitrogen and oxygen atoms in total. The Hall–Kier alpha value is -1.58. The highest BCUT2D eigenvalue weighted by Crippen LogP contribution is 2.20. The summed E-state index contributed by atoms with van der Waals surface area (Å²) >= 11 is 0. The van der Waals surface area contributed by atoms with Crippen LogP contribution in [-0.2, 0) is 4.74 Å². The van der Waals surface area contributed by atoms with Crippen LogP contribution in [0.1, 0.15) is 34.1 Å². The lowest BCUT2D eigenvalue weighted by Gasteiger charge is -2.24. The number of aliphatic imine (C=N–C) groups is 1. The van der Waals surface area contributed by atoms with Gasteiger partial charge in [0.05, 0.1) is 0 Å². The normalized spacial score (nSPS) is 21.1. The highest BCUT2D eigenvalue weighted by atomic mass is 16.6. The molecule has 1 amide bonds. The maximum atomic E-state index is 11.9. The van der Waals surface area contributed by atoms with Crippen LogP contribution in [0.2, 0.25) is 0 Å². The van der Waals surface area contributed by atoms with Crippen molar-refractivity contribution in [3.8, 4) is 0 Å². The van der Waals surface area contributed by atoms with Crippen molar-refractivity contribution in [2.75, 3.05) is 13.1 Å². The molecule has 4 heteroatoms. The maximum Gasteiger partial charge on any atom is 0.410 e. The Morgan fingerprint density at radius 1 is 1.37 bits per heavy atom. The summed E-state index contributed by atoms with van der Waals surface area (Å²) in [5, 5.41) is 0. The molecule has 0 aliphatic carbocycles. The zero-order valence-electron chi connectivity index (χ0n) is 12.3. The van der Waals surface area contributed by atoms with E-state index in [9.17, 15) is 4.79 Å². The van der Waals surface area contributed by atoms with Gasteiger partial charge in [-0.3, -0.25) is 4.99 Å². The lowest BCUT2D eigenvalue weighted by atomic mass is 10.1. The molecule has 1 heterocycles. The van der Waals surface area contributed by atoms with Crippen molar-refractivity contribution < 1.29 is 9.53 Å². The number of carbonyl (C=O) groups excluding carboxylic acids is 1. The predicted molar refractivity (Wildman–Crippen MR) is 78.4 cm³/mol. The summed E-state index contributed by atoms with van der Waals surface area (Å²) in [6.45, 7) is 9.03. The minimum Gasteiger partial charge on any atom is -0.444 e. The highest BCUT2D eigenvalue weighted by molar-refractivity contribution is 5.68. The van der Waals surface area contributed by atoms with E-state index in [1.807, 2.05) is 39.8 Å². The van der Waals surface area contributed by atoms with E-state index in [2.05, 4.69) is 11.1 Å². The number of likely N-dealkylation sites (tertiary alicyclic amines) is 1. The maximum absolute atomic E-state index is 11.9. The number of hydrogen-bond donors (Lipinski definition) is 0. The van der Waals surface area contributed by atoms with Gasteiger partial charge in [-0.2, -0.15) is 0 Å². The standard InChI is InChI=1S/C15H24N2O2/c1-5-16-10-7-6-8-13-9-11-17(12-13)14(18)19-15(2,3)4/h5-8,10,13H,9,11-12H2,1-4H3/b8-6?,10-7-,16-5?. The summed E-state index contributed by atoms with van der Waals surface area (Å²) in [5.74, 6) is 0.405. The van der Waals surface area contributed by atoms with Crippen molar-refractivity contribution in [1.82, 2.24) is 4.90 Å². The van der Waals surface area contributed by atoms with Crippen LogP contribution < -0.4 is 0 Å². The van der Waals surface area contributed by atoms with E-state index < -0.39 is 5.60 Å². The van der Waals surface area contributed by atoms with Crippen LogP contribution in [0.15, 0.2) is 29.4 Å². The fourth-order valence-corrected chi connectivity index (χ4v) is 1.84. The third-order valence-corrected chi connectivity index (χ3v) is 2.69. The number of carbonyl (C=O) groups is 1. The molecule has 19 heavy (non-hydrogen) atoms. The summed E-state index contributed by atoms with van der Waals surface area (Å²) < 4.78 is 5.36. The van der Waals surface area contributed by atoms with Crippen LogP contribution in [0.5, 0.6) is 0 Å². The lowest BCUT2D eigenvalue weighted by Crippen LogP contribution is -2.35. The molecule has 1 aliphatic heterocycles. The van der Waals surface area contributed by atoms with Crippen molar-refractivity contribution in [3.63, 3.8) is 0 Å². The summed E-state index contributed by atoms with van der Waals surface area (Å²) in [4.78, 5) is 17.6. The van der Waals surface area contributed by atoms with Gasteiger partial charge in [0.25, 0.3) is 0 Å². The summed E-state index contributed by atoms with van der Waals surface area (Å²) in [6.07, 6.45) is 10.3. The molecule has 0 N–H and O–H groups in total. The average Bonchev–Trinajstić information content (AvgIpc) is 2.75. The van der Waals surface area contributed by atoms with Crippen molar-refractivity contribution in [3.05, 3.63) is 24.4 Å². The first-order chi connectivity index (χ1) is 8.92. The summed E-state index contributed by atoms with van der Waals surface area (Å²) in [5.41, 5.74) is -0.425. The highest BCUT2D eigenvalue weighted by Gasteiger charge is 2.28. The van der Waals surface area contributed by atoms with Crippen LogP contribution >= 0.6 is 0 Å². The molecule has 106 valence electrons. The predicted octanol–water partition coefficient (Wildman–Crippen LogP) is 3.40. The van der Waals surface area contributed by atoms with Gasteiger partial charge >= 0.3 is 6.09 Å². The first-order valence-corrected chi connectivity index (χ1v) is 6.71. The number of ether oxygens (including phenoxy) is 1. The molecule has 1 rings (SSSR count). The zero-order valence-corrected chi connectivity index (χ0v) is 12.3. The van der Waals surface area contributed by atoms with Gasteiger partial charge in [0.2, 0.25) is 0 Å². The van der Waals surface area contributed by atoms with Gasteiger partial charge in [-0.05, 0) is 46.1 Å². The van der Waals surface area contributed by atoms with Crippen LogP contribution in [0, 0.1) is 5.92 Å². The van der Waals surface area contributed by atoms with Crippen LogP contribution in [0.25, 0.3) is 0 Å². The van der Waals surface area contributed by atoms with Gasteiger partial charge in [0.15, 0.2) is 0 Å². The molecule has 0 aromatic heterocycles. The Kier molecular flexibility index (Phi) is 5.80. The zero-order chi connectivity index (χ0) is 14.3. The second-order valence-corrected chi connectivity index (χ2v) is 5.61. The van der Waals surface area contributed by atoms with Gasteiger partial charge < -0.3 is 9.64 Å². The Balaban J connectivity index is 2.39. The van der Waals surface area contributed by atoms with Crippen molar-refractivity contribution in [2.24, 2.45) is 10.9 Å². The first kappa shape index (κ1) is 15.5. The molecular formula is C15H24N2O2. The van der Waals surface area contributed by atoms with E-state index in [4.69, 9.17) is 4.74 Å². The molecule has 1 unspecified atom stereocenters. The fraction of sp³-hybridized carbons (Fsp3) is 0.600. The molecule has 0 aromatic rings. The quantitative estimate of drug-likeness (QED) is 0.579. The van der Waals surface area contributed by atoms with Crippen LogP contribution in [0.4, 0.5) is 4.79 Å². The molecule has 1 saturated heterocycles. The Morgan fingerprint density at radius 2 is 2.11 bits per heavy atom. The van der Waals surface area contributed by atoms with Gasteiger partial charge in [0.1, 0.15) is 5.60 Å². The number of amides is 1. The number of rotatable bonds is 3. The van der Waals surface area contributed by atoms with Crippen molar-refractivity contribution in [1.29, 1.82) is 0 Å². The minimum absolute atomic E-state index is 0.213. The summed E-state index contributed by atoms with van der Waals surface area (Å²) in [7, 11) is 0. The molecule has 0 radical (unpaired) electrons. The smallest absolute Gasteiger partial charge is 0.410 e. The van der Waals surface area contributed by atoms with Gasteiger partial charge in [-0.25, -0.2) is 4.79 Å². The molecule has 1 fully saturated rings. The van der Waals surface area contributed by atoms with E-state index in [1.54, 1.807) is 17.3 Å². The lowest BCUT2D eigenvalue weighted by molar-refractivity contribution is 0.0291. The monoisotopic (exact) mass is 264 g/mol. The number of hydrogen-bond acceptors (Lipinski definition) is 3. The topological polar surface area (TPSA) is 41.9 Å². The summed E-state index contributed by atoms with van der Waals surface area (Å²) in [6, 6.07) is 0. The Labute approximate surface area is 115 Å². The first-order valence-electron chi connectivity index (χ1n) is 6.71. The van der Waals surface area contributed by atoms with Gasteiger partial charge in [-0.1, -0.05) is 12.2 Å². The van der Waals surface area contributed by atoms with Crippen LogP contribution in [-0.4, -0.2) is 35.9 Å². The van der Waals surface area contributed by atoms with E-state index in [0.717, 1.165) is 19.5 Å². The van der Waals surface area contributed by atoms with E-state index in [0.29, 0.717) is 5.92 Å². The molecule has 0 saturated carbocycles. The third kappa shape index (κ3) is 6.22.